The van der Waals surface area contributed by atoms with Crippen LogP contribution in [-0.4, -0.2) is 37.6 Å². The molecular weight excluding hydrogens is 228 g/mol. The number of anilines is 1. The molecule has 0 radical (unpaired) electrons. The molecule has 5 nitrogen and oxygen atoms in total. The van der Waals surface area contributed by atoms with Gasteiger partial charge in [-0.2, -0.15) is 0 Å². The van der Waals surface area contributed by atoms with Gasteiger partial charge in [-0.05, 0) is 30.9 Å². The molecule has 0 aliphatic heterocycles. The first-order chi connectivity index (χ1) is 8.66. The normalized spacial score (nSPS) is 14.5. The Hall–Kier alpha value is -1.62. The van der Waals surface area contributed by atoms with Crippen molar-refractivity contribution >= 4 is 11.5 Å². The number of nitrogens with one attached hydrogen (secondary N) is 1. The van der Waals surface area contributed by atoms with Gasteiger partial charge in [-0.15, -0.1) is 0 Å². The second-order valence-corrected chi connectivity index (χ2v) is 4.76. The maximum atomic E-state index is 7.28. The van der Waals surface area contributed by atoms with E-state index in [1.807, 2.05) is 13.1 Å². The third kappa shape index (κ3) is 3.70. The molecular formula is C13H20N4O. The SMILES string of the molecule is CN(CCOCC1CC1)c1ccc(C(=N)N)nc1. The van der Waals surface area contributed by atoms with Crippen LogP contribution in [0.5, 0.6) is 0 Å². The Morgan fingerprint density at radius 1 is 1.56 bits per heavy atom. The fourth-order valence-corrected chi connectivity index (χ4v) is 1.64. The second-order valence-electron chi connectivity index (χ2n) is 4.76. The smallest absolute Gasteiger partial charge is 0.141 e. The van der Waals surface area contributed by atoms with Crippen molar-refractivity contribution in [3.63, 3.8) is 0 Å². The zero-order chi connectivity index (χ0) is 13.0. The lowest BCUT2D eigenvalue weighted by Crippen LogP contribution is -2.23. The Bertz CT molecular complexity index is 400. The molecule has 1 saturated carbocycles. The minimum absolute atomic E-state index is 0.00281. The van der Waals surface area contributed by atoms with E-state index in [0.29, 0.717) is 5.69 Å². The predicted molar refractivity (Wildman–Crippen MR) is 72.1 cm³/mol. The zero-order valence-corrected chi connectivity index (χ0v) is 10.7. The van der Waals surface area contributed by atoms with Gasteiger partial charge in [-0.3, -0.25) is 10.4 Å². The summed E-state index contributed by atoms with van der Waals surface area (Å²) in [7, 11) is 2.00. The summed E-state index contributed by atoms with van der Waals surface area (Å²) in [4.78, 5) is 6.22. The van der Waals surface area contributed by atoms with Crippen molar-refractivity contribution in [2.75, 3.05) is 31.7 Å². The van der Waals surface area contributed by atoms with Crippen LogP contribution in [0, 0.1) is 11.3 Å². The summed E-state index contributed by atoms with van der Waals surface area (Å²) in [5.74, 6) is 0.809. The summed E-state index contributed by atoms with van der Waals surface area (Å²) in [5.41, 5.74) is 6.88. The molecule has 0 saturated heterocycles. The van der Waals surface area contributed by atoms with Crippen LogP contribution in [0.2, 0.25) is 0 Å². The minimum atomic E-state index is -0.00281. The van der Waals surface area contributed by atoms with Crippen molar-refractivity contribution in [2.45, 2.75) is 12.8 Å². The molecule has 0 aromatic carbocycles. The highest BCUT2D eigenvalue weighted by Crippen LogP contribution is 2.28. The van der Waals surface area contributed by atoms with Crippen molar-refractivity contribution in [1.29, 1.82) is 5.41 Å². The van der Waals surface area contributed by atoms with Gasteiger partial charge in [0.05, 0.1) is 18.5 Å². The Labute approximate surface area is 107 Å². The van der Waals surface area contributed by atoms with Crippen LogP contribution in [0.25, 0.3) is 0 Å². The summed E-state index contributed by atoms with van der Waals surface area (Å²) in [6.45, 7) is 2.48. The maximum Gasteiger partial charge on any atom is 0.141 e. The summed E-state index contributed by atoms with van der Waals surface area (Å²) < 4.78 is 5.60. The third-order valence-corrected chi connectivity index (χ3v) is 3.09. The van der Waals surface area contributed by atoms with E-state index in [9.17, 15) is 0 Å². The molecule has 1 aliphatic carbocycles. The van der Waals surface area contributed by atoms with Gasteiger partial charge in [0, 0.05) is 20.2 Å². The average molecular weight is 248 g/mol. The lowest BCUT2D eigenvalue weighted by molar-refractivity contribution is 0.131. The Balaban J connectivity index is 1.76. The summed E-state index contributed by atoms with van der Waals surface area (Å²) in [6.07, 6.45) is 4.39. The lowest BCUT2D eigenvalue weighted by atomic mass is 10.3. The molecule has 3 N–H and O–H groups in total. The van der Waals surface area contributed by atoms with Crippen LogP contribution >= 0.6 is 0 Å². The van der Waals surface area contributed by atoms with Crippen LogP contribution < -0.4 is 10.6 Å². The minimum Gasteiger partial charge on any atom is -0.382 e. The summed E-state index contributed by atoms with van der Waals surface area (Å²) in [5, 5.41) is 7.28. The molecule has 18 heavy (non-hydrogen) atoms. The van der Waals surface area contributed by atoms with E-state index < -0.39 is 0 Å². The topological polar surface area (TPSA) is 75.2 Å². The molecule has 1 heterocycles. The van der Waals surface area contributed by atoms with Gasteiger partial charge in [-0.1, -0.05) is 0 Å². The number of nitrogens with two attached hydrogens (primary N) is 1. The fourth-order valence-electron chi connectivity index (χ4n) is 1.64. The highest BCUT2D eigenvalue weighted by atomic mass is 16.5. The average Bonchev–Trinajstić information content (AvgIpc) is 3.18. The van der Waals surface area contributed by atoms with Crippen molar-refractivity contribution < 1.29 is 4.74 Å². The number of nitrogens with zero attached hydrogens (tertiary/aromatic N) is 2. The van der Waals surface area contributed by atoms with E-state index in [-0.39, 0.29) is 5.84 Å². The highest BCUT2D eigenvalue weighted by molar-refractivity contribution is 5.93. The molecule has 5 heteroatoms. The summed E-state index contributed by atoms with van der Waals surface area (Å²) in [6, 6.07) is 3.68. The van der Waals surface area contributed by atoms with Crippen LogP contribution in [0.3, 0.4) is 0 Å². The van der Waals surface area contributed by atoms with Gasteiger partial charge < -0.3 is 15.4 Å². The largest absolute Gasteiger partial charge is 0.382 e. The van der Waals surface area contributed by atoms with E-state index in [0.717, 1.165) is 31.4 Å². The maximum absolute atomic E-state index is 7.28. The zero-order valence-electron chi connectivity index (χ0n) is 10.7. The van der Waals surface area contributed by atoms with Gasteiger partial charge in [0.1, 0.15) is 11.5 Å². The molecule has 1 aliphatic rings. The second kappa shape index (κ2) is 5.82. The monoisotopic (exact) mass is 248 g/mol. The van der Waals surface area contributed by atoms with Gasteiger partial charge in [0.15, 0.2) is 0 Å². The third-order valence-electron chi connectivity index (χ3n) is 3.09. The molecule has 0 bridgehead atoms. The van der Waals surface area contributed by atoms with Crippen LogP contribution in [0.4, 0.5) is 5.69 Å². The first-order valence-corrected chi connectivity index (χ1v) is 6.26. The van der Waals surface area contributed by atoms with E-state index >= 15 is 0 Å². The highest BCUT2D eigenvalue weighted by Gasteiger charge is 2.20. The lowest BCUT2D eigenvalue weighted by Gasteiger charge is -2.19. The van der Waals surface area contributed by atoms with Crippen LogP contribution in [0.1, 0.15) is 18.5 Å². The van der Waals surface area contributed by atoms with E-state index in [1.54, 1.807) is 12.3 Å². The van der Waals surface area contributed by atoms with Crippen molar-refractivity contribution in [2.24, 2.45) is 11.7 Å². The molecule has 0 atom stereocenters. The van der Waals surface area contributed by atoms with Crippen molar-refractivity contribution in [3.05, 3.63) is 24.0 Å². The van der Waals surface area contributed by atoms with Gasteiger partial charge in [0.25, 0.3) is 0 Å². The van der Waals surface area contributed by atoms with E-state index in [2.05, 4.69) is 9.88 Å². The molecule has 0 unspecified atom stereocenters. The van der Waals surface area contributed by atoms with Crippen LogP contribution in [0.15, 0.2) is 18.3 Å². The fraction of sp³-hybridized carbons (Fsp3) is 0.538. The number of hydrogen-bond acceptors (Lipinski definition) is 4. The Morgan fingerprint density at radius 3 is 2.89 bits per heavy atom. The molecule has 1 aromatic rings. The molecule has 1 aromatic heterocycles. The Kier molecular flexibility index (Phi) is 4.15. The molecule has 98 valence electrons. The first kappa shape index (κ1) is 12.8. The summed E-state index contributed by atoms with van der Waals surface area (Å²) >= 11 is 0. The number of aromatic nitrogens is 1. The molecule has 0 amide bonds. The van der Waals surface area contributed by atoms with Gasteiger partial charge in [-0.25, -0.2) is 0 Å². The molecule has 0 spiro atoms. The first-order valence-electron chi connectivity index (χ1n) is 6.26. The standard InChI is InChI=1S/C13H20N4O/c1-17(6-7-18-9-10-2-3-10)11-4-5-12(13(14)15)16-8-11/h4-5,8,10H,2-3,6-7,9H2,1H3,(H3,14,15). The van der Waals surface area contributed by atoms with Gasteiger partial charge in [0.2, 0.25) is 0 Å². The number of pyridine rings is 1. The van der Waals surface area contributed by atoms with Crippen molar-refractivity contribution in [3.8, 4) is 0 Å². The quantitative estimate of drug-likeness (QED) is 0.432. The number of amidine groups is 1. The van der Waals surface area contributed by atoms with Gasteiger partial charge >= 0.3 is 0 Å². The van der Waals surface area contributed by atoms with Crippen LogP contribution in [-0.2, 0) is 4.74 Å². The number of rotatable bonds is 7. The number of nitrogen functional groups attached to an aromatic ring is 1. The van der Waals surface area contributed by atoms with Crippen molar-refractivity contribution in [1.82, 2.24) is 4.98 Å². The molecule has 2 rings (SSSR count). The Morgan fingerprint density at radius 2 is 2.33 bits per heavy atom. The number of ether oxygens (including phenoxy) is 1. The number of hydrogen-bond donors (Lipinski definition) is 2. The predicted octanol–water partition coefficient (Wildman–Crippen LogP) is 1.23. The number of likely N-dealkylation sites (N-methyl/N-ethyl adjacent to an activating group) is 1. The molecule has 1 fully saturated rings. The van der Waals surface area contributed by atoms with E-state index in [4.69, 9.17) is 15.9 Å². The van der Waals surface area contributed by atoms with E-state index in [1.165, 1.54) is 12.8 Å².